The second-order valence-corrected chi connectivity index (χ2v) is 6.56. The number of carbonyl (C=O) groups is 3. The summed E-state index contributed by atoms with van der Waals surface area (Å²) in [6, 6.07) is 17.5. The zero-order valence-corrected chi connectivity index (χ0v) is 15.9. The maximum atomic E-state index is 12.9. The van der Waals surface area contributed by atoms with Gasteiger partial charge in [0.1, 0.15) is 5.69 Å². The second-order valence-electron chi connectivity index (χ2n) is 6.56. The van der Waals surface area contributed by atoms with Crippen molar-refractivity contribution in [2.45, 2.75) is 25.8 Å². The van der Waals surface area contributed by atoms with Crippen LogP contribution in [0.5, 0.6) is 0 Å². The van der Waals surface area contributed by atoms with Crippen LogP contribution in [0.4, 0.5) is 0 Å². The Hall–Kier alpha value is -3.74. The summed E-state index contributed by atoms with van der Waals surface area (Å²) >= 11 is 0. The first-order valence-corrected chi connectivity index (χ1v) is 9.17. The van der Waals surface area contributed by atoms with Crippen LogP contribution in [0, 0.1) is 6.92 Å². The van der Waals surface area contributed by atoms with Gasteiger partial charge >= 0.3 is 0 Å². The lowest BCUT2D eigenvalue weighted by Crippen LogP contribution is -2.46. The highest BCUT2D eigenvalue weighted by atomic mass is 16.4. The number of nitrogens with two attached hydrogens (primary N) is 1. The summed E-state index contributed by atoms with van der Waals surface area (Å²) in [5, 5.41) is 2.59. The Morgan fingerprint density at radius 3 is 2.28 bits per heavy atom. The SMILES string of the molecule is Cc1nc(-c2ccccc2)c(C(=O)N[C@@H](CCc2ccccc2)C(=O)C(N)=O)o1. The number of nitrogens with zero attached hydrogens (tertiary/aromatic N) is 1. The van der Waals surface area contributed by atoms with Crippen LogP contribution in [0.3, 0.4) is 0 Å². The average molecular weight is 391 g/mol. The summed E-state index contributed by atoms with van der Waals surface area (Å²) in [6.07, 6.45) is 0.719. The Labute approximate surface area is 167 Å². The molecule has 0 aliphatic rings. The van der Waals surface area contributed by atoms with Crippen LogP contribution < -0.4 is 11.1 Å². The number of nitrogens with one attached hydrogen (secondary N) is 1. The van der Waals surface area contributed by atoms with E-state index < -0.39 is 23.6 Å². The molecule has 1 atom stereocenters. The predicted octanol–water partition coefficient (Wildman–Crippen LogP) is 2.44. The quantitative estimate of drug-likeness (QED) is 0.572. The van der Waals surface area contributed by atoms with Crippen molar-refractivity contribution in [2.24, 2.45) is 5.73 Å². The molecule has 1 heterocycles. The number of primary amides is 1. The third-order valence-corrected chi connectivity index (χ3v) is 4.42. The highest BCUT2D eigenvalue weighted by Crippen LogP contribution is 2.24. The number of hydrogen-bond donors (Lipinski definition) is 2. The fourth-order valence-electron chi connectivity index (χ4n) is 2.99. The van der Waals surface area contributed by atoms with Gasteiger partial charge in [-0.05, 0) is 18.4 Å². The Morgan fingerprint density at radius 2 is 1.66 bits per heavy atom. The van der Waals surface area contributed by atoms with Gasteiger partial charge in [0.25, 0.3) is 11.8 Å². The van der Waals surface area contributed by atoms with E-state index in [1.807, 2.05) is 48.5 Å². The van der Waals surface area contributed by atoms with Crippen molar-refractivity contribution >= 4 is 17.6 Å². The molecule has 1 aromatic heterocycles. The lowest BCUT2D eigenvalue weighted by Gasteiger charge is -2.16. The highest BCUT2D eigenvalue weighted by Gasteiger charge is 2.28. The molecule has 148 valence electrons. The third-order valence-electron chi connectivity index (χ3n) is 4.42. The minimum absolute atomic E-state index is 0.0179. The monoisotopic (exact) mass is 391 g/mol. The van der Waals surface area contributed by atoms with Gasteiger partial charge in [-0.3, -0.25) is 14.4 Å². The van der Waals surface area contributed by atoms with Gasteiger partial charge in [0.15, 0.2) is 5.89 Å². The Morgan fingerprint density at radius 1 is 1.03 bits per heavy atom. The maximum Gasteiger partial charge on any atom is 0.289 e. The largest absolute Gasteiger partial charge is 0.435 e. The van der Waals surface area contributed by atoms with Crippen LogP contribution in [-0.4, -0.2) is 28.6 Å². The fraction of sp³-hybridized carbons (Fsp3) is 0.182. The number of benzene rings is 2. The summed E-state index contributed by atoms with van der Waals surface area (Å²) < 4.78 is 5.48. The van der Waals surface area contributed by atoms with Crippen LogP contribution >= 0.6 is 0 Å². The molecule has 0 radical (unpaired) electrons. The van der Waals surface area contributed by atoms with E-state index in [1.165, 1.54) is 0 Å². The van der Waals surface area contributed by atoms with Gasteiger partial charge in [-0.2, -0.15) is 0 Å². The maximum absolute atomic E-state index is 12.9. The average Bonchev–Trinajstić information content (AvgIpc) is 3.13. The van der Waals surface area contributed by atoms with E-state index in [1.54, 1.807) is 19.1 Å². The molecule has 7 nitrogen and oxygen atoms in total. The van der Waals surface area contributed by atoms with Crippen LogP contribution in [0.2, 0.25) is 0 Å². The number of Topliss-reactive ketones (excluding diaryl/α,β-unsaturated/α-hetero) is 1. The van der Waals surface area contributed by atoms with Crippen molar-refractivity contribution in [1.29, 1.82) is 0 Å². The zero-order valence-electron chi connectivity index (χ0n) is 15.9. The van der Waals surface area contributed by atoms with E-state index in [0.29, 0.717) is 23.6 Å². The first-order chi connectivity index (χ1) is 14.0. The third kappa shape index (κ3) is 4.95. The number of aromatic nitrogens is 1. The fourth-order valence-corrected chi connectivity index (χ4v) is 2.99. The number of carbonyl (C=O) groups excluding carboxylic acids is 3. The zero-order chi connectivity index (χ0) is 20.8. The predicted molar refractivity (Wildman–Crippen MR) is 107 cm³/mol. The van der Waals surface area contributed by atoms with Crippen LogP contribution in [-0.2, 0) is 16.0 Å². The summed E-state index contributed by atoms with van der Waals surface area (Å²) in [4.78, 5) is 40.8. The van der Waals surface area contributed by atoms with E-state index in [0.717, 1.165) is 5.56 Å². The first kappa shape index (κ1) is 20.0. The Bertz CT molecular complexity index is 1010. The molecule has 3 rings (SSSR count). The number of aryl methyl sites for hydroxylation is 2. The van der Waals surface area contributed by atoms with Crippen LogP contribution in [0.25, 0.3) is 11.3 Å². The number of amides is 2. The first-order valence-electron chi connectivity index (χ1n) is 9.17. The van der Waals surface area contributed by atoms with Crippen molar-refractivity contribution < 1.29 is 18.8 Å². The molecule has 29 heavy (non-hydrogen) atoms. The van der Waals surface area contributed by atoms with Crippen LogP contribution in [0.1, 0.15) is 28.4 Å². The standard InChI is InChI=1S/C22H21N3O4/c1-14-24-18(16-10-6-3-7-11-16)20(29-14)22(28)25-17(19(26)21(23)27)13-12-15-8-4-2-5-9-15/h2-11,17H,12-13H2,1H3,(H2,23,27)(H,25,28)/t17-/m0/s1. The molecule has 0 saturated carbocycles. The number of oxazole rings is 1. The summed E-state index contributed by atoms with van der Waals surface area (Å²) in [6.45, 7) is 1.63. The minimum atomic E-state index is -1.10. The van der Waals surface area contributed by atoms with Crippen molar-refractivity contribution in [3.05, 3.63) is 77.9 Å². The minimum Gasteiger partial charge on any atom is -0.435 e. The molecule has 0 saturated heterocycles. The van der Waals surface area contributed by atoms with Crippen molar-refractivity contribution in [3.8, 4) is 11.3 Å². The molecule has 7 heteroatoms. The Kier molecular flexibility index (Phi) is 6.19. The van der Waals surface area contributed by atoms with Crippen LogP contribution in [0.15, 0.2) is 65.1 Å². The lowest BCUT2D eigenvalue weighted by atomic mass is 10.0. The molecule has 3 N–H and O–H groups in total. The van der Waals surface area contributed by atoms with Gasteiger partial charge in [0.2, 0.25) is 11.5 Å². The molecular formula is C22H21N3O4. The molecule has 2 amide bonds. The summed E-state index contributed by atoms with van der Waals surface area (Å²) in [5.41, 5.74) is 7.22. The van der Waals surface area contributed by atoms with Crippen molar-refractivity contribution in [3.63, 3.8) is 0 Å². The van der Waals surface area contributed by atoms with E-state index in [2.05, 4.69) is 10.3 Å². The molecule has 3 aromatic rings. The van der Waals surface area contributed by atoms with Crippen molar-refractivity contribution in [1.82, 2.24) is 10.3 Å². The summed E-state index contributed by atoms with van der Waals surface area (Å²) in [5.74, 6) is -2.28. The van der Waals surface area contributed by atoms with Gasteiger partial charge in [-0.1, -0.05) is 60.7 Å². The number of hydrogen-bond acceptors (Lipinski definition) is 5. The Balaban J connectivity index is 1.81. The second kappa shape index (κ2) is 8.97. The molecule has 0 aliphatic carbocycles. The van der Waals surface area contributed by atoms with E-state index >= 15 is 0 Å². The van der Waals surface area contributed by atoms with Crippen molar-refractivity contribution in [2.75, 3.05) is 0 Å². The molecule has 2 aromatic carbocycles. The van der Waals surface area contributed by atoms with Gasteiger partial charge in [0, 0.05) is 12.5 Å². The normalized spacial score (nSPS) is 11.6. The lowest BCUT2D eigenvalue weighted by molar-refractivity contribution is -0.137. The molecule has 0 spiro atoms. The molecular weight excluding hydrogens is 370 g/mol. The van der Waals surface area contributed by atoms with E-state index in [4.69, 9.17) is 10.2 Å². The van der Waals surface area contributed by atoms with Gasteiger partial charge in [-0.15, -0.1) is 0 Å². The summed E-state index contributed by atoms with van der Waals surface area (Å²) in [7, 11) is 0. The molecule has 0 unspecified atom stereocenters. The highest BCUT2D eigenvalue weighted by molar-refractivity contribution is 6.38. The molecule has 0 aliphatic heterocycles. The van der Waals surface area contributed by atoms with Gasteiger partial charge in [-0.25, -0.2) is 4.98 Å². The van der Waals surface area contributed by atoms with E-state index in [-0.39, 0.29) is 12.2 Å². The number of ketones is 1. The number of rotatable bonds is 8. The molecule has 0 bridgehead atoms. The van der Waals surface area contributed by atoms with E-state index in [9.17, 15) is 14.4 Å². The molecule has 0 fully saturated rings. The van der Waals surface area contributed by atoms with Gasteiger partial charge < -0.3 is 15.5 Å². The smallest absolute Gasteiger partial charge is 0.289 e. The topological polar surface area (TPSA) is 115 Å². The van der Waals surface area contributed by atoms with Gasteiger partial charge in [0.05, 0.1) is 6.04 Å².